The molecule has 0 saturated heterocycles. The molecule has 0 aliphatic carbocycles. The number of fused-ring (bicyclic) bond motifs is 1. The van der Waals surface area contributed by atoms with Gasteiger partial charge in [-0.3, -0.25) is 9.36 Å². The van der Waals surface area contributed by atoms with E-state index in [1.54, 1.807) is 70.4 Å². The first-order chi connectivity index (χ1) is 19.2. The number of ether oxygens (including phenoxy) is 2. The number of rotatable bonds is 7. The number of benzene rings is 2. The Morgan fingerprint density at radius 3 is 2.55 bits per heavy atom. The minimum absolute atomic E-state index is 0.186. The Balaban J connectivity index is 1.62. The van der Waals surface area contributed by atoms with Crippen molar-refractivity contribution in [1.82, 2.24) is 4.57 Å². The van der Waals surface area contributed by atoms with Gasteiger partial charge in [0.05, 0.1) is 41.1 Å². The first-order valence-electron chi connectivity index (χ1n) is 12.5. The highest BCUT2D eigenvalue weighted by molar-refractivity contribution is 7.07. The Bertz CT molecular complexity index is 1840. The molecule has 1 aliphatic rings. The Hall–Kier alpha value is -4.70. The summed E-state index contributed by atoms with van der Waals surface area (Å²) in [5.41, 5.74) is 2.56. The van der Waals surface area contributed by atoms with Crippen molar-refractivity contribution in [2.24, 2.45) is 4.99 Å². The Labute approximate surface area is 232 Å². The Morgan fingerprint density at radius 1 is 1.12 bits per heavy atom. The van der Waals surface area contributed by atoms with E-state index in [1.165, 1.54) is 22.0 Å². The number of furan rings is 1. The summed E-state index contributed by atoms with van der Waals surface area (Å²) in [4.78, 5) is 43.4. The summed E-state index contributed by atoms with van der Waals surface area (Å²) in [7, 11) is 1.57. The zero-order valence-corrected chi connectivity index (χ0v) is 23.1. The SMILES string of the molecule is CCOC(=O)C1=C(C)N=c2s/c(=C\c3ccc(-c4cccc(C(=O)O)c4C)o3)c(=O)n2[C@@H]1c1ccc(OC)cc1. The van der Waals surface area contributed by atoms with E-state index in [0.717, 1.165) is 0 Å². The van der Waals surface area contributed by atoms with Gasteiger partial charge in [-0.15, -0.1) is 0 Å². The molecule has 0 radical (unpaired) electrons. The van der Waals surface area contributed by atoms with E-state index in [0.29, 0.717) is 54.6 Å². The third-order valence-corrected chi connectivity index (χ3v) is 7.66. The number of allylic oxidation sites excluding steroid dienone is 1. The normalized spacial score (nSPS) is 15.0. The second-order valence-electron chi connectivity index (χ2n) is 9.06. The van der Waals surface area contributed by atoms with Crippen molar-refractivity contribution < 1.29 is 28.6 Å². The standard InChI is InChI=1S/C30H26N2O7S/c1-5-38-29(36)25-17(3)31-30-32(26(25)18-9-11-19(37-4)12-10-18)27(33)24(40-30)15-20-13-14-23(39-20)21-7-6-8-22(16(21)2)28(34)35/h6-15,26H,5H2,1-4H3,(H,34,35)/b24-15-/t26-/m1/s1. The number of thiazole rings is 1. The largest absolute Gasteiger partial charge is 0.497 e. The third kappa shape index (κ3) is 4.77. The van der Waals surface area contributed by atoms with Gasteiger partial charge in [-0.25, -0.2) is 14.6 Å². The molecule has 40 heavy (non-hydrogen) atoms. The fourth-order valence-electron chi connectivity index (χ4n) is 4.73. The molecule has 204 valence electrons. The Kier molecular flexibility index (Phi) is 7.27. The Morgan fingerprint density at radius 2 is 1.88 bits per heavy atom. The number of carbonyl (C=O) groups excluding carboxylic acids is 1. The lowest BCUT2D eigenvalue weighted by Crippen LogP contribution is -2.39. The number of methoxy groups -OCH3 is 1. The topological polar surface area (TPSA) is 120 Å². The summed E-state index contributed by atoms with van der Waals surface area (Å²) in [6, 6.07) is 14.9. The number of hydrogen-bond acceptors (Lipinski definition) is 8. The van der Waals surface area contributed by atoms with Crippen LogP contribution in [-0.4, -0.2) is 35.3 Å². The van der Waals surface area contributed by atoms with E-state index < -0.39 is 18.0 Å². The van der Waals surface area contributed by atoms with Gasteiger partial charge in [0.2, 0.25) is 0 Å². The summed E-state index contributed by atoms with van der Waals surface area (Å²) >= 11 is 1.19. The number of carbonyl (C=O) groups is 2. The van der Waals surface area contributed by atoms with Crippen molar-refractivity contribution in [2.45, 2.75) is 26.8 Å². The van der Waals surface area contributed by atoms with Crippen LogP contribution in [0.15, 0.2) is 80.1 Å². The lowest BCUT2D eigenvalue weighted by atomic mass is 9.96. The number of carboxylic acid groups (broad SMARTS) is 1. The molecule has 10 heteroatoms. The average molecular weight is 559 g/mol. The van der Waals surface area contributed by atoms with Crippen LogP contribution in [0, 0.1) is 6.92 Å². The molecular formula is C30H26N2O7S. The summed E-state index contributed by atoms with van der Waals surface area (Å²) in [5, 5.41) is 9.46. The summed E-state index contributed by atoms with van der Waals surface area (Å²) in [6.45, 7) is 5.36. The highest BCUT2D eigenvalue weighted by Gasteiger charge is 2.33. The molecule has 1 N–H and O–H groups in total. The van der Waals surface area contributed by atoms with Crippen molar-refractivity contribution in [2.75, 3.05) is 13.7 Å². The van der Waals surface area contributed by atoms with Crippen molar-refractivity contribution in [3.63, 3.8) is 0 Å². The average Bonchev–Trinajstić information content (AvgIpc) is 3.52. The van der Waals surface area contributed by atoms with Gasteiger partial charge in [0.25, 0.3) is 5.56 Å². The fourth-order valence-corrected chi connectivity index (χ4v) is 5.76. The van der Waals surface area contributed by atoms with E-state index in [-0.39, 0.29) is 17.7 Å². The minimum atomic E-state index is -1.02. The number of nitrogens with zero attached hydrogens (tertiary/aromatic N) is 2. The van der Waals surface area contributed by atoms with Crippen LogP contribution < -0.4 is 19.6 Å². The molecule has 1 aliphatic heterocycles. The van der Waals surface area contributed by atoms with Crippen LogP contribution in [0.25, 0.3) is 17.4 Å². The molecule has 0 fully saturated rings. The molecule has 5 rings (SSSR count). The molecular weight excluding hydrogens is 532 g/mol. The molecule has 0 saturated carbocycles. The second-order valence-corrected chi connectivity index (χ2v) is 10.1. The minimum Gasteiger partial charge on any atom is -0.497 e. The lowest BCUT2D eigenvalue weighted by molar-refractivity contribution is -0.139. The highest BCUT2D eigenvalue weighted by atomic mass is 32.1. The molecule has 4 aromatic rings. The molecule has 0 bridgehead atoms. The maximum atomic E-state index is 13.8. The molecule has 2 aromatic heterocycles. The van der Waals surface area contributed by atoms with Crippen LogP contribution in [0.3, 0.4) is 0 Å². The van der Waals surface area contributed by atoms with Gasteiger partial charge in [0.1, 0.15) is 17.3 Å². The zero-order chi connectivity index (χ0) is 28.6. The maximum Gasteiger partial charge on any atom is 0.338 e. The van der Waals surface area contributed by atoms with E-state index in [1.807, 2.05) is 12.1 Å². The number of hydrogen-bond donors (Lipinski definition) is 1. The van der Waals surface area contributed by atoms with Gasteiger partial charge < -0.3 is 19.0 Å². The van der Waals surface area contributed by atoms with Gasteiger partial charge in [0, 0.05) is 11.6 Å². The van der Waals surface area contributed by atoms with Crippen LogP contribution in [-0.2, 0) is 9.53 Å². The molecule has 0 amide bonds. The fraction of sp³-hybridized carbons (Fsp3) is 0.200. The number of carboxylic acids is 1. The second kappa shape index (κ2) is 10.8. The van der Waals surface area contributed by atoms with E-state index in [9.17, 15) is 19.5 Å². The predicted octanol–water partition coefficient (Wildman–Crippen LogP) is 4.07. The van der Waals surface area contributed by atoms with Crippen LogP contribution >= 0.6 is 11.3 Å². The molecule has 1 atom stereocenters. The molecule has 0 spiro atoms. The quantitative estimate of drug-likeness (QED) is 0.340. The number of aromatic carboxylic acids is 1. The molecule has 3 heterocycles. The van der Waals surface area contributed by atoms with Crippen LogP contribution in [0.1, 0.15) is 47.1 Å². The van der Waals surface area contributed by atoms with Gasteiger partial charge in [-0.05, 0) is 62.2 Å². The predicted molar refractivity (Wildman–Crippen MR) is 149 cm³/mol. The van der Waals surface area contributed by atoms with Crippen molar-refractivity contribution in [1.29, 1.82) is 0 Å². The highest BCUT2D eigenvalue weighted by Crippen LogP contribution is 2.32. The molecule has 2 aromatic carbocycles. The first kappa shape index (κ1) is 26.9. The summed E-state index contributed by atoms with van der Waals surface area (Å²) in [6.07, 6.45) is 1.62. The zero-order valence-electron chi connectivity index (χ0n) is 22.3. The monoisotopic (exact) mass is 558 g/mol. The van der Waals surface area contributed by atoms with Gasteiger partial charge in [-0.1, -0.05) is 35.6 Å². The first-order valence-corrected chi connectivity index (χ1v) is 13.3. The van der Waals surface area contributed by atoms with Crippen molar-refractivity contribution in [3.8, 4) is 17.1 Å². The summed E-state index contributed by atoms with van der Waals surface area (Å²) in [5.74, 6) is -0.00388. The van der Waals surface area contributed by atoms with Gasteiger partial charge in [-0.2, -0.15) is 0 Å². The third-order valence-electron chi connectivity index (χ3n) is 6.68. The van der Waals surface area contributed by atoms with Crippen LogP contribution in [0.2, 0.25) is 0 Å². The van der Waals surface area contributed by atoms with Gasteiger partial charge in [0.15, 0.2) is 4.80 Å². The summed E-state index contributed by atoms with van der Waals surface area (Å²) < 4.78 is 18.5. The van der Waals surface area contributed by atoms with Crippen molar-refractivity contribution >= 4 is 29.4 Å². The number of aromatic nitrogens is 1. The van der Waals surface area contributed by atoms with Gasteiger partial charge >= 0.3 is 11.9 Å². The van der Waals surface area contributed by atoms with Crippen molar-refractivity contribution in [3.05, 3.63) is 108 Å². The maximum absolute atomic E-state index is 13.8. The molecule has 9 nitrogen and oxygen atoms in total. The van der Waals surface area contributed by atoms with E-state index in [2.05, 4.69) is 4.99 Å². The number of esters is 1. The smallest absolute Gasteiger partial charge is 0.338 e. The van der Waals surface area contributed by atoms with E-state index in [4.69, 9.17) is 13.9 Å². The van der Waals surface area contributed by atoms with Crippen LogP contribution in [0.5, 0.6) is 5.75 Å². The molecule has 0 unspecified atom stereocenters. The van der Waals surface area contributed by atoms with Crippen LogP contribution in [0.4, 0.5) is 0 Å². The lowest BCUT2D eigenvalue weighted by Gasteiger charge is -2.24. The van der Waals surface area contributed by atoms with E-state index >= 15 is 0 Å².